The van der Waals surface area contributed by atoms with Crippen LogP contribution in [-0.2, 0) is 6.54 Å². The number of carbonyl (C=O) groups excluding carboxylic acids is 2. The topological polar surface area (TPSA) is 71.1 Å². The minimum atomic E-state index is -0.293. The molecular weight excluding hydrogens is 302 g/mol. The van der Waals surface area contributed by atoms with E-state index >= 15 is 0 Å². The fourth-order valence-electron chi connectivity index (χ4n) is 2.24. The van der Waals surface area contributed by atoms with Gasteiger partial charge in [0, 0.05) is 29.5 Å². The number of rotatable bonds is 4. The van der Waals surface area contributed by atoms with Crippen molar-refractivity contribution < 1.29 is 9.59 Å². The molecule has 126 valence electrons. The van der Waals surface area contributed by atoms with Gasteiger partial charge < -0.3 is 10.6 Å². The van der Waals surface area contributed by atoms with Crippen LogP contribution in [0.15, 0.2) is 42.6 Å². The van der Waals surface area contributed by atoms with E-state index in [1.165, 1.54) is 0 Å². The van der Waals surface area contributed by atoms with Gasteiger partial charge in [0.05, 0.1) is 5.56 Å². The van der Waals surface area contributed by atoms with Crippen LogP contribution in [0.25, 0.3) is 0 Å². The summed E-state index contributed by atoms with van der Waals surface area (Å²) in [4.78, 5) is 28.5. The third kappa shape index (κ3) is 4.91. The first-order valence-corrected chi connectivity index (χ1v) is 7.87. The molecule has 5 heteroatoms. The minimum Gasteiger partial charge on any atom is -0.348 e. The second kappa shape index (κ2) is 7.25. The predicted molar refractivity (Wildman–Crippen MR) is 93.8 cm³/mol. The Kier molecular flexibility index (Phi) is 5.34. The fourth-order valence-corrected chi connectivity index (χ4v) is 2.24. The SMILES string of the molecule is Cc1ncccc1C(=O)NCc1cccc(C(=O)NC(C)(C)C)c1. The second-order valence-corrected chi connectivity index (χ2v) is 6.72. The number of aromatic nitrogens is 1. The Morgan fingerprint density at radius 1 is 1.08 bits per heavy atom. The molecule has 0 spiro atoms. The highest BCUT2D eigenvalue weighted by Gasteiger charge is 2.15. The summed E-state index contributed by atoms with van der Waals surface area (Å²) in [6.07, 6.45) is 1.66. The van der Waals surface area contributed by atoms with E-state index < -0.39 is 0 Å². The number of amides is 2. The van der Waals surface area contributed by atoms with Crippen molar-refractivity contribution >= 4 is 11.8 Å². The zero-order valence-electron chi connectivity index (χ0n) is 14.5. The highest BCUT2D eigenvalue weighted by atomic mass is 16.2. The quantitative estimate of drug-likeness (QED) is 0.908. The largest absolute Gasteiger partial charge is 0.348 e. The van der Waals surface area contributed by atoms with E-state index in [9.17, 15) is 9.59 Å². The first-order chi connectivity index (χ1) is 11.3. The van der Waals surface area contributed by atoms with Gasteiger partial charge >= 0.3 is 0 Å². The molecule has 1 aromatic heterocycles. The van der Waals surface area contributed by atoms with E-state index in [0.717, 1.165) is 5.56 Å². The molecule has 0 saturated heterocycles. The van der Waals surface area contributed by atoms with Gasteiger partial charge in [-0.05, 0) is 57.5 Å². The maximum Gasteiger partial charge on any atom is 0.253 e. The summed E-state index contributed by atoms with van der Waals surface area (Å²) in [5.74, 6) is -0.302. The van der Waals surface area contributed by atoms with Crippen LogP contribution in [0.2, 0.25) is 0 Å². The average Bonchev–Trinajstić information content (AvgIpc) is 2.52. The maximum atomic E-state index is 12.2. The van der Waals surface area contributed by atoms with Gasteiger partial charge in [-0.3, -0.25) is 14.6 Å². The van der Waals surface area contributed by atoms with Crippen molar-refractivity contribution in [2.45, 2.75) is 39.8 Å². The van der Waals surface area contributed by atoms with Gasteiger partial charge in [-0.15, -0.1) is 0 Å². The number of hydrogen-bond acceptors (Lipinski definition) is 3. The number of nitrogens with one attached hydrogen (secondary N) is 2. The molecule has 0 bridgehead atoms. The van der Waals surface area contributed by atoms with Crippen LogP contribution in [0.1, 0.15) is 52.7 Å². The molecule has 0 fully saturated rings. The molecule has 2 amide bonds. The first kappa shape index (κ1) is 17.7. The Morgan fingerprint density at radius 3 is 2.50 bits per heavy atom. The van der Waals surface area contributed by atoms with Crippen LogP contribution in [0.5, 0.6) is 0 Å². The smallest absolute Gasteiger partial charge is 0.253 e. The third-order valence-electron chi connectivity index (χ3n) is 3.38. The van der Waals surface area contributed by atoms with Crippen molar-refractivity contribution in [3.05, 3.63) is 65.0 Å². The van der Waals surface area contributed by atoms with Crippen molar-refractivity contribution in [1.82, 2.24) is 15.6 Å². The molecule has 0 atom stereocenters. The Labute approximate surface area is 142 Å². The van der Waals surface area contributed by atoms with Crippen molar-refractivity contribution in [2.24, 2.45) is 0 Å². The predicted octanol–water partition coefficient (Wildman–Crippen LogP) is 2.85. The molecular formula is C19H23N3O2. The number of hydrogen-bond donors (Lipinski definition) is 2. The lowest BCUT2D eigenvalue weighted by molar-refractivity contribution is 0.0918. The van der Waals surface area contributed by atoms with Gasteiger partial charge in [0.25, 0.3) is 11.8 Å². The highest BCUT2D eigenvalue weighted by Crippen LogP contribution is 2.09. The van der Waals surface area contributed by atoms with Crippen LogP contribution in [-0.4, -0.2) is 22.3 Å². The third-order valence-corrected chi connectivity index (χ3v) is 3.38. The van der Waals surface area contributed by atoms with Gasteiger partial charge in [-0.2, -0.15) is 0 Å². The Hall–Kier alpha value is -2.69. The average molecular weight is 325 g/mol. The normalized spacial score (nSPS) is 11.0. The Balaban J connectivity index is 2.04. The van der Waals surface area contributed by atoms with Crippen molar-refractivity contribution in [1.29, 1.82) is 0 Å². The van der Waals surface area contributed by atoms with Gasteiger partial charge in [0.1, 0.15) is 0 Å². The summed E-state index contributed by atoms with van der Waals surface area (Å²) in [7, 11) is 0. The van der Waals surface area contributed by atoms with Gasteiger partial charge in [0.15, 0.2) is 0 Å². The fraction of sp³-hybridized carbons (Fsp3) is 0.316. The Morgan fingerprint density at radius 2 is 1.83 bits per heavy atom. The number of benzene rings is 1. The van der Waals surface area contributed by atoms with Gasteiger partial charge in [0.2, 0.25) is 0 Å². The molecule has 0 aliphatic heterocycles. The monoisotopic (exact) mass is 325 g/mol. The second-order valence-electron chi connectivity index (χ2n) is 6.72. The lowest BCUT2D eigenvalue weighted by Gasteiger charge is -2.20. The van der Waals surface area contributed by atoms with E-state index in [2.05, 4.69) is 15.6 Å². The highest BCUT2D eigenvalue weighted by molar-refractivity contribution is 5.95. The van der Waals surface area contributed by atoms with Gasteiger partial charge in [-0.25, -0.2) is 0 Å². The standard InChI is InChI=1S/C19H23N3O2/c1-13-16(9-6-10-20-13)18(24)21-12-14-7-5-8-15(11-14)17(23)22-19(2,3)4/h5-11H,12H2,1-4H3,(H,21,24)(H,22,23). The van der Waals surface area contributed by atoms with E-state index in [-0.39, 0.29) is 17.4 Å². The summed E-state index contributed by atoms with van der Waals surface area (Å²) in [5.41, 5.74) is 2.40. The van der Waals surface area contributed by atoms with Crippen LogP contribution >= 0.6 is 0 Å². The Bertz CT molecular complexity index is 748. The first-order valence-electron chi connectivity index (χ1n) is 7.87. The molecule has 24 heavy (non-hydrogen) atoms. The van der Waals surface area contributed by atoms with Crippen molar-refractivity contribution in [3.63, 3.8) is 0 Å². The zero-order chi connectivity index (χ0) is 17.7. The molecule has 0 aliphatic carbocycles. The summed E-state index contributed by atoms with van der Waals surface area (Å²) >= 11 is 0. The van der Waals surface area contributed by atoms with E-state index in [0.29, 0.717) is 23.4 Å². The van der Waals surface area contributed by atoms with Gasteiger partial charge in [-0.1, -0.05) is 12.1 Å². The maximum absolute atomic E-state index is 12.2. The molecule has 0 radical (unpaired) electrons. The molecule has 0 saturated carbocycles. The number of nitrogens with zero attached hydrogens (tertiary/aromatic N) is 1. The molecule has 1 aromatic carbocycles. The molecule has 5 nitrogen and oxygen atoms in total. The van der Waals surface area contributed by atoms with Crippen LogP contribution in [0.4, 0.5) is 0 Å². The van der Waals surface area contributed by atoms with Crippen LogP contribution in [0, 0.1) is 6.92 Å². The lowest BCUT2D eigenvalue weighted by atomic mass is 10.1. The minimum absolute atomic E-state index is 0.126. The number of pyridine rings is 1. The number of carbonyl (C=O) groups is 2. The van der Waals surface area contributed by atoms with E-state index in [1.54, 1.807) is 37.4 Å². The van der Waals surface area contributed by atoms with Crippen molar-refractivity contribution in [3.8, 4) is 0 Å². The molecule has 0 aliphatic rings. The van der Waals surface area contributed by atoms with Crippen LogP contribution < -0.4 is 10.6 Å². The zero-order valence-corrected chi connectivity index (χ0v) is 14.5. The molecule has 2 aromatic rings. The molecule has 2 N–H and O–H groups in total. The lowest BCUT2D eigenvalue weighted by Crippen LogP contribution is -2.40. The van der Waals surface area contributed by atoms with Crippen molar-refractivity contribution in [2.75, 3.05) is 0 Å². The summed E-state index contributed by atoms with van der Waals surface area (Å²) in [6.45, 7) is 7.96. The van der Waals surface area contributed by atoms with E-state index in [4.69, 9.17) is 0 Å². The number of aryl methyl sites for hydroxylation is 1. The molecule has 0 unspecified atom stereocenters. The van der Waals surface area contributed by atoms with E-state index in [1.807, 2.05) is 32.9 Å². The summed E-state index contributed by atoms with van der Waals surface area (Å²) in [6, 6.07) is 10.7. The molecule has 1 heterocycles. The summed E-state index contributed by atoms with van der Waals surface area (Å²) < 4.78 is 0. The van der Waals surface area contributed by atoms with Crippen LogP contribution in [0.3, 0.4) is 0 Å². The molecule has 2 rings (SSSR count). The summed E-state index contributed by atoms with van der Waals surface area (Å²) in [5, 5.41) is 5.79.